The van der Waals surface area contributed by atoms with Crippen molar-refractivity contribution in [3.63, 3.8) is 0 Å². The number of hydrogen-bond acceptors (Lipinski definition) is 4. The zero-order chi connectivity index (χ0) is 9.84. The normalized spacial score (nSPS) is 9.46. The highest BCUT2D eigenvalue weighted by molar-refractivity contribution is 6.67. The van der Waals surface area contributed by atoms with Gasteiger partial charge in [0.1, 0.15) is 0 Å². The van der Waals surface area contributed by atoms with Gasteiger partial charge in [0.25, 0.3) is 5.24 Å². The first kappa shape index (κ1) is 9.80. The van der Waals surface area contributed by atoms with Crippen molar-refractivity contribution >= 4 is 16.8 Å². The minimum absolute atomic E-state index is 0.295. The van der Waals surface area contributed by atoms with Gasteiger partial charge in [-0.15, -0.1) is 0 Å². The van der Waals surface area contributed by atoms with E-state index in [0.29, 0.717) is 17.3 Å². The summed E-state index contributed by atoms with van der Waals surface area (Å²) in [5.41, 5.74) is 0.297. The van der Waals surface area contributed by atoms with Crippen molar-refractivity contribution in [1.82, 2.24) is 4.98 Å². The Kier molecular flexibility index (Phi) is 3.08. The van der Waals surface area contributed by atoms with Crippen LogP contribution in [0.4, 0.5) is 0 Å². The summed E-state index contributed by atoms with van der Waals surface area (Å²) in [5.74, 6) is 0.590. The molecule has 70 valence electrons. The standard InChI is InChI=1S/C8H8ClNO3/c1-12-6-3-5(8(9)11)4-7(10-6)13-2/h3-4H,1-2H3. The summed E-state index contributed by atoms with van der Waals surface area (Å²) in [6.07, 6.45) is 0. The molecule has 0 amide bonds. The quantitative estimate of drug-likeness (QED) is 0.695. The monoisotopic (exact) mass is 201 g/mol. The molecule has 0 saturated heterocycles. The molecule has 13 heavy (non-hydrogen) atoms. The van der Waals surface area contributed by atoms with Gasteiger partial charge in [-0.05, 0) is 11.6 Å². The van der Waals surface area contributed by atoms with Crippen molar-refractivity contribution in [3.8, 4) is 11.8 Å². The lowest BCUT2D eigenvalue weighted by molar-refractivity contribution is 0.108. The second-order valence-corrected chi connectivity index (χ2v) is 2.56. The number of carbonyl (C=O) groups excluding carboxylic acids is 1. The van der Waals surface area contributed by atoms with E-state index in [9.17, 15) is 4.79 Å². The van der Waals surface area contributed by atoms with E-state index in [1.165, 1.54) is 26.4 Å². The molecule has 0 radical (unpaired) electrons. The smallest absolute Gasteiger partial charge is 0.252 e. The number of methoxy groups -OCH3 is 2. The Morgan fingerprint density at radius 1 is 1.31 bits per heavy atom. The van der Waals surface area contributed by atoms with E-state index >= 15 is 0 Å². The lowest BCUT2D eigenvalue weighted by atomic mass is 10.3. The molecule has 1 aromatic heterocycles. The largest absolute Gasteiger partial charge is 0.481 e. The number of ether oxygens (including phenoxy) is 2. The minimum atomic E-state index is -0.570. The predicted molar refractivity (Wildman–Crippen MR) is 47.5 cm³/mol. The minimum Gasteiger partial charge on any atom is -0.481 e. The van der Waals surface area contributed by atoms with E-state index in [0.717, 1.165) is 0 Å². The SMILES string of the molecule is COc1cc(C(=O)Cl)cc(OC)n1. The van der Waals surface area contributed by atoms with Crippen LogP contribution < -0.4 is 9.47 Å². The summed E-state index contributed by atoms with van der Waals surface area (Å²) in [6.45, 7) is 0. The Morgan fingerprint density at radius 3 is 2.08 bits per heavy atom. The van der Waals surface area contributed by atoms with E-state index in [1.54, 1.807) is 0 Å². The Hall–Kier alpha value is -1.29. The van der Waals surface area contributed by atoms with Gasteiger partial charge in [0, 0.05) is 17.7 Å². The predicted octanol–water partition coefficient (Wildman–Crippen LogP) is 1.48. The van der Waals surface area contributed by atoms with Crippen LogP contribution in [0.5, 0.6) is 11.8 Å². The van der Waals surface area contributed by atoms with Crippen molar-refractivity contribution in [2.75, 3.05) is 14.2 Å². The highest BCUT2D eigenvalue weighted by Gasteiger charge is 2.07. The number of pyridine rings is 1. The van der Waals surface area contributed by atoms with Gasteiger partial charge in [0.05, 0.1) is 14.2 Å². The van der Waals surface area contributed by atoms with Gasteiger partial charge >= 0.3 is 0 Å². The lowest BCUT2D eigenvalue weighted by Gasteiger charge is -2.03. The van der Waals surface area contributed by atoms with Gasteiger partial charge in [-0.2, -0.15) is 4.98 Å². The van der Waals surface area contributed by atoms with Crippen LogP contribution in [0.15, 0.2) is 12.1 Å². The third kappa shape index (κ3) is 2.32. The number of nitrogens with zero attached hydrogens (tertiary/aromatic N) is 1. The van der Waals surface area contributed by atoms with Crippen LogP contribution in [0.1, 0.15) is 10.4 Å². The van der Waals surface area contributed by atoms with Crippen molar-refractivity contribution in [1.29, 1.82) is 0 Å². The maximum absolute atomic E-state index is 10.8. The molecule has 0 aliphatic heterocycles. The molecular weight excluding hydrogens is 194 g/mol. The summed E-state index contributed by atoms with van der Waals surface area (Å²) in [4.78, 5) is 14.7. The highest BCUT2D eigenvalue weighted by atomic mass is 35.5. The van der Waals surface area contributed by atoms with E-state index in [2.05, 4.69) is 4.98 Å². The van der Waals surface area contributed by atoms with E-state index in [1.807, 2.05) is 0 Å². The first-order chi connectivity index (χ1) is 6.17. The lowest BCUT2D eigenvalue weighted by Crippen LogP contribution is -1.97. The van der Waals surface area contributed by atoms with Crippen molar-refractivity contribution in [2.24, 2.45) is 0 Å². The average molecular weight is 202 g/mol. The fraction of sp³-hybridized carbons (Fsp3) is 0.250. The number of halogens is 1. The molecule has 0 unspecified atom stereocenters. The van der Waals surface area contributed by atoms with E-state index < -0.39 is 5.24 Å². The first-order valence-corrected chi connectivity index (χ1v) is 3.85. The summed E-state index contributed by atoms with van der Waals surface area (Å²) >= 11 is 5.28. The average Bonchev–Trinajstić information content (AvgIpc) is 2.16. The fourth-order valence-electron chi connectivity index (χ4n) is 0.803. The van der Waals surface area contributed by atoms with Crippen LogP contribution >= 0.6 is 11.6 Å². The van der Waals surface area contributed by atoms with E-state index in [4.69, 9.17) is 21.1 Å². The van der Waals surface area contributed by atoms with Crippen LogP contribution in [0.3, 0.4) is 0 Å². The van der Waals surface area contributed by atoms with E-state index in [-0.39, 0.29) is 0 Å². The zero-order valence-electron chi connectivity index (χ0n) is 7.20. The number of hydrogen-bond donors (Lipinski definition) is 0. The molecule has 1 aromatic rings. The number of aromatic nitrogens is 1. The topological polar surface area (TPSA) is 48.4 Å². The summed E-state index contributed by atoms with van der Waals surface area (Å²) in [6, 6.07) is 2.88. The third-order valence-corrected chi connectivity index (χ3v) is 1.64. The Bertz CT molecular complexity index is 305. The molecule has 0 aliphatic carbocycles. The third-order valence-electron chi connectivity index (χ3n) is 1.42. The molecule has 0 spiro atoms. The molecule has 0 saturated carbocycles. The second kappa shape index (κ2) is 4.09. The van der Waals surface area contributed by atoms with Crippen molar-refractivity contribution in [2.45, 2.75) is 0 Å². The van der Waals surface area contributed by atoms with Crippen LogP contribution in [-0.2, 0) is 0 Å². The van der Waals surface area contributed by atoms with Gasteiger partial charge in [0.2, 0.25) is 11.8 Å². The number of carbonyl (C=O) groups is 1. The van der Waals surface area contributed by atoms with Gasteiger partial charge in [-0.3, -0.25) is 4.79 Å². The number of rotatable bonds is 3. The van der Waals surface area contributed by atoms with Gasteiger partial charge < -0.3 is 9.47 Å². The fourth-order valence-corrected chi connectivity index (χ4v) is 0.913. The van der Waals surface area contributed by atoms with Crippen LogP contribution in [-0.4, -0.2) is 24.4 Å². The van der Waals surface area contributed by atoms with Crippen LogP contribution in [0.25, 0.3) is 0 Å². The molecule has 0 bridgehead atoms. The molecule has 0 atom stereocenters. The molecule has 1 rings (SSSR count). The molecule has 4 nitrogen and oxygen atoms in total. The zero-order valence-corrected chi connectivity index (χ0v) is 7.96. The second-order valence-electron chi connectivity index (χ2n) is 2.21. The summed E-state index contributed by atoms with van der Waals surface area (Å²) in [5, 5.41) is -0.570. The summed E-state index contributed by atoms with van der Waals surface area (Å²) in [7, 11) is 2.90. The first-order valence-electron chi connectivity index (χ1n) is 3.47. The molecule has 0 aliphatic rings. The van der Waals surface area contributed by atoms with Gasteiger partial charge in [-0.1, -0.05) is 0 Å². The Morgan fingerprint density at radius 2 is 1.77 bits per heavy atom. The Labute approximate surface area is 80.4 Å². The maximum Gasteiger partial charge on any atom is 0.252 e. The maximum atomic E-state index is 10.8. The molecule has 0 N–H and O–H groups in total. The van der Waals surface area contributed by atoms with Crippen molar-refractivity contribution in [3.05, 3.63) is 17.7 Å². The highest BCUT2D eigenvalue weighted by Crippen LogP contribution is 2.18. The molecule has 0 fully saturated rings. The molecule has 0 aromatic carbocycles. The van der Waals surface area contributed by atoms with Crippen molar-refractivity contribution < 1.29 is 14.3 Å². The molecule has 5 heteroatoms. The Balaban J connectivity index is 3.14. The summed E-state index contributed by atoms with van der Waals surface area (Å²) < 4.78 is 9.69. The van der Waals surface area contributed by atoms with Gasteiger partial charge in [-0.25, -0.2) is 0 Å². The van der Waals surface area contributed by atoms with Crippen LogP contribution in [0, 0.1) is 0 Å². The van der Waals surface area contributed by atoms with Crippen LogP contribution in [0.2, 0.25) is 0 Å². The molecular formula is C8H8ClNO3. The van der Waals surface area contributed by atoms with Gasteiger partial charge in [0.15, 0.2) is 0 Å². The molecule has 1 heterocycles.